The maximum Gasteiger partial charge on any atom is 0.226 e. The van der Waals surface area contributed by atoms with E-state index in [-0.39, 0.29) is 12.3 Å². The van der Waals surface area contributed by atoms with Crippen LogP contribution >= 0.6 is 0 Å². The number of aryl methyl sites for hydroxylation is 1. The van der Waals surface area contributed by atoms with Crippen LogP contribution in [0.4, 0.5) is 5.69 Å². The Morgan fingerprint density at radius 3 is 2.50 bits per heavy atom. The van der Waals surface area contributed by atoms with E-state index >= 15 is 0 Å². The van der Waals surface area contributed by atoms with Crippen LogP contribution in [-0.2, 0) is 4.79 Å². The first kappa shape index (κ1) is 10.7. The average Bonchev–Trinajstić information content (AvgIpc) is 2.07. The van der Waals surface area contributed by atoms with E-state index in [0.717, 1.165) is 11.3 Å². The minimum atomic E-state index is -0.597. The van der Waals surface area contributed by atoms with Crippen LogP contribution in [0.1, 0.15) is 18.9 Å². The van der Waals surface area contributed by atoms with Crippen LogP contribution in [0.25, 0.3) is 0 Å². The molecule has 0 radical (unpaired) electrons. The molecule has 1 aromatic rings. The third-order valence-electron chi connectivity index (χ3n) is 1.82. The van der Waals surface area contributed by atoms with E-state index in [0.29, 0.717) is 0 Å². The highest BCUT2D eigenvalue weighted by molar-refractivity contribution is 5.90. The van der Waals surface area contributed by atoms with Crippen molar-refractivity contribution in [3.05, 3.63) is 29.8 Å². The summed E-state index contributed by atoms with van der Waals surface area (Å²) in [5, 5.41) is 11.7. The molecular formula is C11H15NO2. The largest absolute Gasteiger partial charge is 0.393 e. The van der Waals surface area contributed by atoms with Gasteiger partial charge in [-0.3, -0.25) is 4.79 Å². The molecule has 1 unspecified atom stereocenters. The molecule has 1 rings (SSSR count). The van der Waals surface area contributed by atoms with Gasteiger partial charge in [0.2, 0.25) is 5.91 Å². The Balaban J connectivity index is 2.52. The van der Waals surface area contributed by atoms with Crippen molar-refractivity contribution in [2.24, 2.45) is 0 Å². The first-order valence-corrected chi connectivity index (χ1v) is 4.62. The zero-order valence-electron chi connectivity index (χ0n) is 8.45. The predicted molar refractivity (Wildman–Crippen MR) is 56.1 cm³/mol. The maximum absolute atomic E-state index is 11.2. The van der Waals surface area contributed by atoms with E-state index in [2.05, 4.69) is 5.32 Å². The highest BCUT2D eigenvalue weighted by Crippen LogP contribution is 2.09. The molecule has 1 atom stereocenters. The fourth-order valence-electron chi connectivity index (χ4n) is 1.12. The molecule has 76 valence electrons. The van der Waals surface area contributed by atoms with Crippen molar-refractivity contribution in [3.63, 3.8) is 0 Å². The Hall–Kier alpha value is -1.35. The number of hydrogen-bond donors (Lipinski definition) is 2. The smallest absolute Gasteiger partial charge is 0.226 e. The number of amides is 1. The summed E-state index contributed by atoms with van der Waals surface area (Å²) in [5.74, 6) is -0.163. The second-order valence-electron chi connectivity index (χ2n) is 3.47. The van der Waals surface area contributed by atoms with E-state index in [4.69, 9.17) is 5.11 Å². The van der Waals surface area contributed by atoms with Crippen molar-refractivity contribution in [2.45, 2.75) is 26.4 Å². The molecule has 1 amide bonds. The minimum absolute atomic E-state index is 0.133. The maximum atomic E-state index is 11.2. The molecule has 0 aliphatic heterocycles. The number of nitrogens with one attached hydrogen (secondary N) is 1. The lowest BCUT2D eigenvalue weighted by molar-refractivity contribution is -0.117. The third kappa shape index (κ3) is 3.58. The number of rotatable bonds is 3. The lowest BCUT2D eigenvalue weighted by atomic mass is 10.2. The summed E-state index contributed by atoms with van der Waals surface area (Å²) >= 11 is 0. The zero-order chi connectivity index (χ0) is 10.6. The van der Waals surface area contributed by atoms with Crippen LogP contribution in [0.5, 0.6) is 0 Å². The molecule has 0 heterocycles. The van der Waals surface area contributed by atoms with Gasteiger partial charge < -0.3 is 10.4 Å². The van der Waals surface area contributed by atoms with Gasteiger partial charge >= 0.3 is 0 Å². The number of benzene rings is 1. The molecule has 3 nitrogen and oxygen atoms in total. The van der Waals surface area contributed by atoms with Gasteiger partial charge in [-0.2, -0.15) is 0 Å². The summed E-state index contributed by atoms with van der Waals surface area (Å²) in [5.41, 5.74) is 1.92. The molecule has 14 heavy (non-hydrogen) atoms. The van der Waals surface area contributed by atoms with Crippen molar-refractivity contribution in [2.75, 3.05) is 5.32 Å². The van der Waals surface area contributed by atoms with E-state index in [1.54, 1.807) is 6.92 Å². The Morgan fingerprint density at radius 1 is 1.43 bits per heavy atom. The molecule has 0 aliphatic carbocycles. The Bertz CT molecular complexity index is 304. The second kappa shape index (κ2) is 4.77. The predicted octanol–water partition coefficient (Wildman–Crippen LogP) is 1.70. The molecule has 0 bridgehead atoms. The van der Waals surface area contributed by atoms with E-state index in [1.165, 1.54) is 0 Å². The summed E-state index contributed by atoms with van der Waals surface area (Å²) < 4.78 is 0. The molecule has 0 fully saturated rings. The van der Waals surface area contributed by atoms with Gasteiger partial charge in [0.05, 0.1) is 12.5 Å². The molecule has 0 aromatic heterocycles. The molecule has 0 aliphatic rings. The summed E-state index contributed by atoms with van der Waals surface area (Å²) in [6, 6.07) is 7.54. The van der Waals surface area contributed by atoms with Gasteiger partial charge in [0.15, 0.2) is 0 Å². The van der Waals surface area contributed by atoms with Crippen molar-refractivity contribution in [1.82, 2.24) is 0 Å². The Kier molecular flexibility index (Phi) is 3.65. The number of anilines is 1. The Morgan fingerprint density at radius 2 is 2.00 bits per heavy atom. The van der Waals surface area contributed by atoms with Gasteiger partial charge in [0.25, 0.3) is 0 Å². The monoisotopic (exact) mass is 193 g/mol. The Labute approximate surface area is 83.8 Å². The summed E-state index contributed by atoms with van der Waals surface area (Å²) in [6.07, 6.45) is -0.464. The first-order chi connectivity index (χ1) is 6.58. The highest BCUT2D eigenvalue weighted by atomic mass is 16.3. The fraction of sp³-hybridized carbons (Fsp3) is 0.364. The van der Waals surface area contributed by atoms with Gasteiger partial charge in [-0.15, -0.1) is 0 Å². The molecule has 0 saturated carbocycles. The van der Waals surface area contributed by atoms with Gasteiger partial charge in [-0.25, -0.2) is 0 Å². The van der Waals surface area contributed by atoms with Crippen molar-refractivity contribution >= 4 is 11.6 Å². The van der Waals surface area contributed by atoms with Crippen molar-refractivity contribution in [3.8, 4) is 0 Å². The summed E-state index contributed by atoms with van der Waals surface area (Å²) in [7, 11) is 0. The van der Waals surface area contributed by atoms with Crippen LogP contribution in [0.15, 0.2) is 24.3 Å². The topological polar surface area (TPSA) is 49.3 Å². The molecule has 2 N–H and O–H groups in total. The van der Waals surface area contributed by atoms with Crippen LogP contribution in [0.3, 0.4) is 0 Å². The third-order valence-corrected chi connectivity index (χ3v) is 1.82. The summed E-state index contributed by atoms with van der Waals surface area (Å²) in [4.78, 5) is 11.2. The van der Waals surface area contributed by atoms with E-state index in [9.17, 15) is 4.79 Å². The van der Waals surface area contributed by atoms with Crippen LogP contribution in [0.2, 0.25) is 0 Å². The molecule has 1 aromatic carbocycles. The van der Waals surface area contributed by atoms with Crippen molar-refractivity contribution < 1.29 is 9.90 Å². The number of hydrogen-bond acceptors (Lipinski definition) is 2. The normalized spacial score (nSPS) is 12.2. The van der Waals surface area contributed by atoms with Crippen LogP contribution in [-0.4, -0.2) is 17.1 Å². The standard InChI is InChI=1S/C11H15NO2/c1-8-3-5-10(6-4-8)12-11(14)7-9(2)13/h3-6,9,13H,7H2,1-2H3,(H,12,14). The van der Waals surface area contributed by atoms with Gasteiger partial charge in [-0.05, 0) is 26.0 Å². The van der Waals surface area contributed by atoms with Crippen molar-refractivity contribution in [1.29, 1.82) is 0 Å². The SMILES string of the molecule is Cc1ccc(NC(=O)CC(C)O)cc1. The minimum Gasteiger partial charge on any atom is -0.393 e. The number of carbonyl (C=O) groups excluding carboxylic acids is 1. The fourth-order valence-corrected chi connectivity index (χ4v) is 1.12. The van der Waals surface area contributed by atoms with E-state index < -0.39 is 6.10 Å². The zero-order valence-corrected chi connectivity index (χ0v) is 8.45. The lowest BCUT2D eigenvalue weighted by Crippen LogP contribution is -2.17. The summed E-state index contributed by atoms with van der Waals surface area (Å²) in [6.45, 7) is 3.58. The van der Waals surface area contributed by atoms with Gasteiger partial charge in [0.1, 0.15) is 0 Å². The highest BCUT2D eigenvalue weighted by Gasteiger charge is 2.05. The van der Waals surface area contributed by atoms with Gasteiger partial charge in [-0.1, -0.05) is 17.7 Å². The quantitative estimate of drug-likeness (QED) is 0.767. The average molecular weight is 193 g/mol. The number of carbonyl (C=O) groups is 1. The van der Waals surface area contributed by atoms with Crippen LogP contribution < -0.4 is 5.32 Å². The molecule has 0 spiro atoms. The molecular weight excluding hydrogens is 178 g/mol. The van der Waals surface area contributed by atoms with E-state index in [1.807, 2.05) is 31.2 Å². The van der Waals surface area contributed by atoms with Gasteiger partial charge in [0, 0.05) is 5.69 Å². The first-order valence-electron chi connectivity index (χ1n) is 4.62. The van der Waals surface area contributed by atoms with Crippen LogP contribution in [0, 0.1) is 6.92 Å². The second-order valence-corrected chi connectivity index (χ2v) is 3.47. The lowest BCUT2D eigenvalue weighted by Gasteiger charge is -2.06. The molecule has 0 saturated heterocycles. The number of aliphatic hydroxyl groups excluding tert-OH is 1. The number of aliphatic hydroxyl groups is 1. The molecule has 3 heteroatoms.